The normalized spacial score (nSPS) is 21.2. The molecule has 1 aromatic carbocycles. The van der Waals surface area contributed by atoms with E-state index in [0.717, 1.165) is 18.5 Å². The van der Waals surface area contributed by atoms with Gasteiger partial charge >= 0.3 is 0 Å². The van der Waals surface area contributed by atoms with E-state index in [1.807, 2.05) is 0 Å². The molecule has 70 valence electrons. The fourth-order valence-electron chi connectivity index (χ4n) is 1.40. The van der Waals surface area contributed by atoms with Crippen LogP contribution in [0.2, 0.25) is 5.02 Å². The number of halogens is 2. The van der Waals surface area contributed by atoms with Gasteiger partial charge in [-0.1, -0.05) is 17.7 Å². The minimum absolute atomic E-state index is 0.105. The molecule has 0 bridgehead atoms. The standard InChI is InChI=1S/C9H10ClFN2/c10-8-5(7-3-4-13-7)1-2-6(12)9(8)11/h1-2,7,13H,3-4,12H2. The van der Waals surface area contributed by atoms with E-state index < -0.39 is 5.82 Å². The van der Waals surface area contributed by atoms with Crippen LogP contribution in [0.25, 0.3) is 0 Å². The van der Waals surface area contributed by atoms with Crippen LogP contribution < -0.4 is 11.1 Å². The Balaban J connectivity index is 2.41. The zero-order chi connectivity index (χ0) is 9.42. The first-order chi connectivity index (χ1) is 6.20. The molecule has 4 heteroatoms. The molecule has 2 nitrogen and oxygen atoms in total. The first-order valence-corrected chi connectivity index (χ1v) is 4.54. The molecule has 0 aliphatic carbocycles. The van der Waals surface area contributed by atoms with Crippen LogP contribution in [0.5, 0.6) is 0 Å². The first kappa shape index (κ1) is 8.78. The molecule has 0 saturated carbocycles. The van der Waals surface area contributed by atoms with Crippen molar-refractivity contribution in [1.82, 2.24) is 5.32 Å². The van der Waals surface area contributed by atoms with E-state index in [9.17, 15) is 4.39 Å². The Morgan fingerprint density at radius 2 is 2.23 bits per heavy atom. The number of rotatable bonds is 1. The van der Waals surface area contributed by atoms with Gasteiger partial charge in [-0.3, -0.25) is 0 Å². The lowest BCUT2D eigenvalue weighted by Gasteiger charge is -2.28. The fourth-order valence-corrected chi connectivity index (χ4v) is 1.71. The number of hydrogen-bond acceptors (Lipinski definition) is 2. The molecule has 13 heavy (non-hydrogen) atoms. The number of benzene rings is 1. The van der Waals surface area contributed by atoms with Gasteiger partial charge in [-0.2, -0.15) is 0 Å². The van der Waals surface area contributed by atoms with Gasteiger partial charge in [-0.05, 0) is 24.6 Å². The number of nitrogen functional groups attached to an aromatic ring is 1. The van der Waals surface area contributed by atoms with Crippen molar-refractivity contribution >= 4 is 17.3 Å². The van der Waals surface area contributed by atoms with E-state index in [-0.39, 0.29) is 16.8 Å². The lowest BCUT2D eigenvalue weighted by Crippen LogP contribution is -2.35. The summed E-state index contributed by atoms with van der Waals surface area (Å²) < 4.78 is 13.2. The monoisotopic (exact) mass is 200 g/mol. The van der Waals surface area contributed by atoms with E-state index >= 15 is 0 Å². The molecule has 1 atom stereocenters. The molecule has 1 heterocycles. The van der Waals surface area contributed by atoms with Gasteiger partial charge in [0.2, 0.25) is 0 Å². The minimum Gasteiger partial charge on any atom is -0.396 e. The lowest BCUT2D eigenvalue weighted by atomic mass is 9.97. The van der Waals surface area contributed by atoms with Gasteiger partial charge in [-0.25, -0.2) is 4.39 Å². The second kappa shape index (κ2) is 3.16. The van der Waals surface area contributed by atoms with Crippen molar-refractivity contribution in [3.05, 3.63) is 28.5 Å². The largest absolute Gasteiger partial charge is 0.396 e. The Hall–Kier alpha value is -0.800. The zero-order valence-electron chi connectivity index (χ0n) is 6.98. The summed E-state index contributed by atoms with van der Waals surface area (Å²) in [5.41, 5.74) is 6.28. The van der Waals surface area contributed by atoms with Crippen molar-refractivity contribution in [1.29, 1.82) is 0 Å². The smallest absolute Gasteiger partial charge is 0.164 e. The van der Waals surface area contributed by atoms with Gasteiger partial charge < -0.3 is 11.1 Å². The predicted octanol–water partition coefficient (Wildman–Crippen LogP) is 2.10. The molecule has 1 fully saturated rings. The summed E-state index contributed by atoms with van der Waals surface area (Å²) in [6, 6.07) is 3.52. The molecule has 0 radical (unpaired) electrons. The van der Waals surface area contributed by atoms with Crippen LogP contribution in [0, 0.1) is 5.82 Å². The third-order valence-corrected chi connectivity index (χ3v) is 2.73. The number of nitrogens with one attached hydrogen (secondary N) is 1. The molecular weight excluding hydrogens is 191 g/mol. The van der Waals surface area contributed by atoms with Crippen molar-refractivity contribution in [2.24, 2.45) is 0 Å². The van der Waals surface area contributed by atoms with Gasteiger partial charge in [0.05, 0.1) is 10.7 Å². The summed E-state index contributed by atoms with van der Waals surface area (Å²) in [6.07, 6.45) is 1.00. The van der Waals surface area contributed by atoms with Gasteiger partial charge in [0.15, 0.2) is 5.82 Å². The highest BCUT2D eigenvalue weighted by Crippen LogP contribution is 2.32. The summed E-state index contributed by atoms with van der Waals surface area (Å²) in [5.74, 6) is -0.507. The molecule has 0 spiro atoms. The van der Waals surface area contributed by atoms with Crippen LogP contribution in [0.4, 0.5) is 10.1 Å². The van der Waals surface area contributed by atoms with Crippen molar-refractivity contribution in [2.75, 3.05) is 12.3 Å². The van der Waals surface area contributed by atoms with Crippen LogP contribution in [0.3, 0.4) is 0 Å². The van der Waals surface area contributed by atoms with Gasteiger partial charge in [0.25, 0.3) is 0 Å². The molecule has 2 rings (SSSR count). The molecule has 1 saturated heterocycles. The summed E-state index contributed by atoms with van der Waals surface area (Å²) in [4.78, 5) is 0. The molecule has 1 aromatic rings. The average Bonchev–Trinajstić information content (AvgIpc) is 2.03. The Labute approximate surface area is 80.9 Å². The summed E-state index contributed by atoms with van der Waals surface area (Å²) in [7, 11) is 0. The number of anilines is 1. The van der Waals surface area contributed by atoms with Crippen LogP contribution in [0.1, 0.15) is 18.0 Å². The van der Waals surface area contributed by atoms with Crippen LogP contribution in [-0.4, -0.2) is 6.54 Å². The number of nitrogens with two attached hydrogens (primary N) is 1. The van der Waals surface area contributed by atoms with Crippen LogP contribution in [0.15, 0.2) is 12.1 Å². The average molecular weight is 201 g/mol. The molecule has 0 amide bonds. The van der Waals surface area contributed by atoms with Gasteiger partial charge in [0.1, 0.15) is 0 Å². The quantitative estimate of drug-likeness (QED) is 0.682. The molecule has 1 aliphatic heterocycles. The van der Waals surface area contributed by atoms with Crippen molar-refractivity contribution < 1.29 is 4.39 Å². The zero-order valence-corrected chi connectivity index (χ0v) is 7.74. The van der Waals surface area contributed by atoms with Crippen LogP contribution >= 0.6 is 11.6 Å². The predicted molar refractivity (Wildman–Crippen MR) is 51.2 cm³/mol. The van der Waals surface area contributed by atoms with E-state index in [4.69, 9.17) is 17.3 Å². The maximum Gasteiger partial charge on any atom is 0.164 e. The van der Waals surface area contributed by atoms with Gasteiger partial charge in [0, 0.05) is 6.04 Å². The summed E-state index contributed by atoms with van der Waals surface area (Å²) in [6.45, 7) is 0.965. The Morgan fingerprint density at radius 1 is 1.54 bits per heavy atom. The highest BCUT2D eigenvalue weighted by molar-refractivity contribution is 6.31. The Morgan fingerprint density at radius 3 is 2.77 bits per heavy atom. The van der Waals surface area contributed by atoms with Crippen LogP contribution in [-0.2, 0) is 0 Å². The number of hydrogen-bond donors (Lipinski definition) is 2. The maximum atomic E-state index is 13.2. The van der Waals surface area contributed by atoms with Crippen molar-refractivity contribution in [3.8, 4) is 0 Å². The topological polar surface area (TPSA) is 38.0 Å². The summed E-state index contributed by atoms with van der Waals surface area (Å²) >= 11 is 5.81. The molecular formula is C9H10ClFN2. The molecule has 0 aromatic heterocycles. The maximum absolute atomic E-state index is 13.2. The van der Waals surface area contributed by atoms with E-state index in [2.05, 4.69) is 5.32 Å². The minimum atomic E-state index is -0.507. The van der Waals surface area contributed by atoms with E-state index in [0.29, 0.717) is 0 Å². The lowest BCUT2D eigenvalue weighted by molar-refractivity contribution is 0.382. The summed E-state index contributed by atoms with van der Waals surface area (Å²) in [5, 5.41) is 3.31. The van der Waals surface area contributed by atoms with E-state index in [1.165, 1.54) is 0 Å². The second-order valence-corrected chi connectivity index (χ2v) is 3.55. The SMILES string of the molecule is Nc1ccc(C2CCN2)c(Cl)c1F. The third-order valence-electron chi connectivity index (χ3n) is 2.34. The third kappa shape index (κ3) is 1.38. The van der Waals surface area contributed by atoms with E-state index in [1.54, 1.807) is 12.1 Å². The molecule has 1 unspecified atom stereocenters. The molecule has 3 N–H and O–H groups in total. The fraction of sp³-hybridized carbons (Fsp3) is 0.333. The Kier molecular flexibility index (Phi) is 2.14. The highest BCUT2D eigenvalue weighted by Gasteiger charge is 2.22. The van der Waals surface area contributed by atoms with Gasteiger partial charge in [-0.15, -0.1) is 0 Å². The second-order valence-electron chi connectivity index (χ2n) is 3.17. The molecule has 1 aliphatic rings. The Bertz CT molecular complexity index is 337. The first-order valence-electron chi connectivity index (χ1n) is 4.17. The van der Waals surface area contributed by atoms with Crippen molar-refractivity contribution in [2.45, 2.75) is 12.5 Å². The van der Waals surface area contributed by atoms with Crippen molar-refractivity contribution in [3.63, 3.8) is 0 Å². The highest BCUT2D eigenvalue weighted by atomic mass is 35.5.